The molecule has 4 nitrogen and oxygen atoms in total. The minimum Gasteiger partial charge on any atom is -0.450 e. The van der Waals surface area contributed by atoms with E-state index in [9.17, 15) is 4.79 Å². The minimum atomic E-state index is -1.21. The Labute approximate surface area is 65.5 Å². The number of carbonyl (C=O) groups is 1. The summed E-state index contributed by atoms with van der Waals surface area (Å²) >= 11 is 0. The third-order valence-corrected chi connectivity index (χ3v) is 2.03. The van der Waals surface area contributed by atoms with Gasteiger partial charge in [0.25, 0.3) is 0 Å². The van der Waals surface area contributed by atoms with Gasteiger partial charge >= 0.3 is 6.16 Å². The fourth-order valence-corrected chi connectivity index (χ4v) is 1.23. The van der Waals surface area contributed by atoms with E-state index in [1.807, 2.05) is 13.8 Å². The van der Waals surface area contributed by atoms with Gasteiger partial charge in [-0.3, -0.25) is 5.32 Å². The van der Waals surface area contributed by atoms with Gasteiger partial charge in [0.15, 0.2) is 6.23 Å². The van der Waals surface area contributed by atoms with Gasteiger partial charge in [-0.2, -0.15) is 0 Å². The van der Waals surface area contributed by atoms with E-state index in [0.29, 0.717) is 0 Å². The van der Waals surface area contributed by atoms with E-state index in [-0.39, 0.29) is 11.6 Å². The Bertz CT molecular complexity index is 167. The Morgan fingerprint density at radius 1 is 1.73 bits per heavy atom. The van der Waals surface area contributed by atoms with Gasteiger partial charge in [-0.25, -0.2) is 4.79 Å². The highest BCUT2D eigenvalue weighted by atomic mass is 16.7. The highest BCUT2D eigenvalue weighted by molar-refractivity contribution is 5.57. The zero-order valence-corrected chi connectivity index (χ0v) is 6.76. The average Bonchev–Trinajstić information content (AvgIpc) is 2.10. The number of carboxylic acid groups (broad SMARTS) is 1. The van der Waals surface area contributed by atoms with Crippen LogP contribution >= 0.6 is 0 Å². The van der Waals surface area contributed by atoms with Crippen LogP contribution in [0.5, 0.6) is 0 Å². The molecular formula is C7H13NO3. The predicted molar refractivity (Wildman–Crippen MR) is 39.3 cm³/mol. The van der Waals surface area contributed by atoms with Crippen LogP contribution in [0.25, 0.3) is 0 Å². The van der Waals surface area contributed by atoms with E-state index in [2.05, 4.69) is 10.1 Å². The molecule has 0 spiro atoms. The molecule has 1 saturated heterocycles. The van der Waals surface area contributed by atoms with E-state index in [0.717, 1.165) is 13.0 Å². The summed E-state index contributed by atoms with van der Waals surface area (Å²) in [5, 5.41) is 11.3. The van der Waals surface area contributed by atoms with Gasteiger partial charge in [0.05, 0.1) is 0 Å². The van der Waals surface area contributed by atoms with Crippen LogP contribution in [0.4, 0.5) is 4.79 Å². The summed E-state index contributed by atoms with van der Waals surface area (Å²) in [5.74, 6) is 0. The molecule has 0 amide bonds. The summed E-state index contributed by atoms with van der Waals surface area (Å²) in [6, 6.07) is 0. The van der Waals surface area contributed by atoms with Crippen LogP contribution in [-0.4, -0.2) is 24.0 Å². The van der Waals surface area contributed by atoms with Crippen LogP contribution in [0, 0.1) is 5.41 Å². The summed E-state index contributed by atoms with van der Waals surface area (Å²) in [4.78, 5) is 10.2. The number of hydrogen-bond donors (Lipinski definition) is 2. The second kappa shape index (κ2) is 2.70. The summed E-state index contributed by atoms with van der Waals surface area (Å²) in [6.45, 7) is 4.80. The molecule has 1 heterocycles. The molecule has 0 aliphatic carbocycles. The Morgan fingerprint density at radius 2 is 2.36 bits per heavy atom. The molecule has 64 valence electrons. The van der Waals surface area contributed by atoms with Crippen molar-refractivity contribution in [2.45, 2.75) is 26.5 Å². The highest BCUT2D eigenvalue weighted by Gasteiger charge is 2.37. The van der Waals surface area contributed by atoms with Crippen molar-refractivity contribution >= 4 is 6.16 Å². The SMILES string of the molecule is CC1(C)CCNC1OC(=O)O. The third-order valence-electron chi connectivity index (χ3n) is 2.03. The van der Waals surface area contributed by atoms with Gasteiger partial charge in [-0.15, -0.1) is 0 Å². The van der Waals surface area contributed by atoms with Crippen molar-refractivity contribution in [3.8, 4) is 0 Å². The molecule has 0 bridgehead atoms. The molecular weight excluding hydrogens is 146 g/mol. The molecule has 0 saturated carbocycles. The molecule has 1 rings (SSSR count). The molecule has 2 N–H and O–H groups in total. The van der Waals surface area contributed by atoms with Crippen molar-refractivity contribution in [1.82, 2.24) is 5.32 Å². The zero-order chi connectivity index (χ0) is 8.48. The maximum Gasteiger partial charge on any atom is 0.507 e. The van der Waals surface area contributed by atoms with E-state index >= 15 is 0 Å². The summed E-state index contributed by atoms with van der Waals surface area (Å²) < 4.78 is 4.63. The second-order valence-electron chi connectivity index (χ2n) is 3.46. The first-order valence-electron chi connectivity index (χ1n) is 3.65. The van der Waals surface area contributed by atoms with Gasteiger partial charge < -0.3 is 9.84 Å². The van der Waals surface area contributed by atoms with Crippen LogP contribution in [0.2, 0.25) is 0 Å². The molecule has 4 heteroatoms. The minimum absolute atomic E-state index is 0.0710. The lowest BCUT2D eigenvalue weighted by atomic mass is 9.91. The average molecular weight is 159 g/mol. The molecule has 0 aromatic heterocycles. The van der Waals surface area contributed by atoms with Gasteiger partial charge in [0, 0.05) is 5.41 Å². The number of nitrogens with one attached hydrogen (secondary N) is 1. The quantitative estimate of drug-likeness (QED) is 0.561. The van der Waals surface area contributed by atoms with Crippen molar-refractivity contribution in [2.24, 2.45) is 5.41 Å². The first kappa shape index (κ1) is 8.33. The van der Waals surface area contributed by atoms with Gasteiger partial charge in [0.2, 0.25) is 0 Å². The van der Waals surface area contributed by atoms with E-state index < -0.39 is 6.16 Å². The van der Waals surface area contributed by atoms with Crippen molar-refractivity contribution in [2.75, 3.05) is 6.54 Å². The summed E-state index contributed by atoms with van der Waals surface area (Å²) in [7, 11) is 0. The predicted octanol–water partition coefficient (Wildman–Crippen LogP) is 1.03. The number of hydrogen-bond acceptors (Lipinski definition) is 3. The molecule has 11 heavy (non-hydrogen) atoms. The van der Waals surface area contributed by atoms with Gasteiger partial charge in [-0.05, 0) is 13.0 Å². The standard InChI is InChI=1S/C7H13NO3/c1-7(2)3-4-8-5(7)11-6(9)10/h5,8H,3-4H2,1-2H3,(H,9,10). The fourth-order valence-electron chi connectivity index (χ4n) is 1.23. The Balaban J connectivity index is 2.51. The largest absolute Gasteiger partial charge is 0.507 e. The monoisotopic (exact) mass is 159 g/mol. The maximum atomic E-state index is 10.2. The highest BCUT2D eigenvalue weighted by Crippen LogP contribution is 2.30. The molecule has 0 aromatic rings. The normalized spacial score (nSPS) is 28.4. The third kappa shape index (κ3) is 1.83. The van der Waals surface area contributed by atoms with Gasteiger partial charge in [-0.1, -0.05) is 13.8 Å². The number of rotatable bonds is 1. The first-order valence-corrected chi connectivity index (χ1v) is 3.65. The Hall–Kier alpha value is -0.770. The molecule has 1 fully saturated rings. The number of ether oxygens (including phenoxy) is 1. The van der Waals surface area contributed by atoms with Crippen LogP contribution in [0.1, 0.15) is 20.3 Å². The Morgan fingerprint density at radius 3 is 2.73 bits per heavy atom. The van der Waals surface area contributed by atoms with Crippen molar-refractivity contribution in [3.63, 3.8) is 0 Å². The van der Waals surface area contributed by atoms with E-state index in [1.165, 1.54) is 0 Å². The zero-order valence-electron chi connectivity index (χ0n) is 6.76. The smallest absolute Gasteiger partial charge is 0.450 e. The molecule has 1 atom stereocenters. The summed E-state index contributed by atoms with van der Waals surface area (Å²) in [5.41, 5.74) is -0.0710. The van der Waals surface area contributed by atoms with Gasteiger partial charge in [0.1, 0.15) is 0 Å². The fraction of sp³-hybridized carbons (Fsp3) is 0.857. The topological polar surface area (TPSA) is 58.6 Å². The molecule has 0 radical (unpaired) electrons. The van der Waals surface area contributed by atoms with E-state index in [1.54, 1.807) is 0 Å². The molecule has 0 aromatic carbocycles. The lowest BCUT2D eigenvalue weighted by molar-refractivity contribution is 0.000173. The lowest BCUT2D eigenvalue weighted by Gasteiger charge is -2.24. The first-order chi connectivity index (χ1) is 5.02. The van der Waals surface area contributed by atoms with Crippen LogP contribution in [0.3, 0.4) is 0 Å². The maximum absolute atomic E-state index is 10.2. The van der Waals surface area contributed by atoms with Crippen LogP contribution < -0.4 is 5.32 Å². The van der Waals surface area contributed by atoms with Crippen LogP contribution in [0.15, 0.2) is 0 Å². The van der Waals surface area contributed by atoms with Crippen LogP contribution in [-0.2, 0) is 4.74 Å². The van der Waals surface area contributed by atoms with E-state index in [4.69, 9.17) is 5.11 Å². The van der Waals surface area contributed by atoms with Crippen molar-refractivity contribution in [1.29, 1.82) is 0 Å². The van der Waals surface area contributed by atoms with Crippen molar-refractivity contribution < 1.29 is 14.6 Å². The molecule has 1 unspecified atom stereocenters. The lowest BCUT2D eigenvalue weighted by Crippen LogP contribution is -2.36. The summed E-state index contributed by atoms with van der Waals surface area (Å²) in [6.07, 6.45) is -0.609. The Kier molecular flexibility index (Phi) is 2.04. The molecule has 1 aliphatic heterocycles. The second-order valence-corrected chi connectivity index (χ2v) is 3.46. The van der Waals surface area contributed by atoms with Crippen molar-refractivity contribution in [3.05, 3.63) is 0 Å². The molecule has 1 aliphatic rings.